The molecule has 1 heterocycles. The van der Waals surface area contributed by atoms with E-state index in [4.69, 9.17) is 14.6 Å². The van der Waals surface area contributed by atoms with Gasteiger partial charge in [-0.15, -0.1) is 0 Å². The number of para-hydroxylation sites is 1. The van der Waals surface area contributed by atoms with Gasteiger partial charge in [0.15, 0.2) is 18.2 Å². The van der Waals surface area contributed by atoms with Crippen molar-refractivity contribution in [3.63, 3.8) is 0 Å². The number of halogens is 1. The highest BCUT2D eigenvalue weighted by Gasteiger charge is 2.30. The molecule has 0 aliphatic carbocycles. The van der Waals surface area contributed by atoms with Crippen LogP contribution in [-0.4, -0.2) is 30.3 Å². The van der Waals surface area contributed by atoms with Crippen molar-refractivity contribution in [3.8, 4) is 11.5 Å². The van der Waals surface area contributed by atoms with E-state index in [2.05, 4.69) is 48.6 Å². The smallest absolute Gasteiger partial charge is 0.341 e. The molecule has 3 atom stereocenters. The largest absolute Gasteiger partial charge is 0.489 e. The Hall–Kier alpha value is -3.90. The van der Waals surface area contributed by atoms with Crippen molar-refractivity contribution < 1.29 is 23.8 Å². The number of aliphatic carboxylic acids is 1. The molecule has 0 fully saturated rings. The van der Waals surface area contributed by atoms with Crippen LogP contribution >= 0.6 is 0 Å². The zero-order valence-corrected chi connectivity index (χ0v) is 20.0. The predicted molar refractivity (Wildman–Crippen MR) is 137 cm³/mol. The maximum absolute atomic E-state index is 14.7. The molecule has 4 aromatic rings. The number of hydrogen-bond donors (Lipinski definition) is 2. The molecule has 184 valence electrons. The fraction of sp³-hybridized carbons (Fsp3) is 0.233. The molecule has 0 saturated carbocycles. The molecule has 4 aromatic carbocycles. The van der Waals surface area contributed by atoms with Crippen molar-refractivity contribution in [1.29, 1.82) is 0 Å². The molecule has 0 radical (unpaired) electrons. The summed E-state index contributed by atoms with van der Waals surface area (Å²) < 4.78 is 26.1. The molecule has 1 aliphatic heterocycles. The second-order valence-electron chi connectivity index (χ2n) is 9.14. The molecule has 5 rings (SSSR count). The van der Waals surface area contributed by atoms with Crippen LogP contribution < -0.4 is 14.8 Å². The molecule has 1 aliphatic rings. The Morgan fingerprint density at radius 1 is 1.08 bits per heavy atom. The summed E-state index contributed by atoms with van der Waals surface area (Å²) in [7, 11) is 0. The van der Waals surface area contributed by atoms with E-state index in [0.29, 0.717) is 13.0 Å². The molecule has 0 saturated heterocycles. The van der Waals surface area contributed by atoms with E-state index in [-0.39, 0.29) is 23.8 Å². The van der Waals surface area contributed by atoms with Gasteiger partial charge in [0.1, 0.15) is 11.9 Å². The van der Waals surface area contributed by atoms with Crippen LogP contribution in [0, 0.1) is 5.82 Å². The topological polar surface area (TPSA) is 67.8 Å². The Morgan fingerprint density at radius 3 is 2.69 bits per heavy atom. The van der Waals surface area contributed by atoms with Crippen LogP contribution in [0.1, 0.15) is 42.0 Å². The fourth-order valence-electron chi connectivity index (χ4n) is 4.97. The molecule has 0 spiro atoms. The van der Waals surface area contributed by atoms with Crippen LogP contribution in [0.3, 0.4) is 0 Å². The maximum atomic E-state index is 14.7. The lowest BCUT2D eigenvalue weighted by Gasteiger charge is -2.33. The summed E-state index contributed by atoms with van der Waals surface area (Å²) in [6, 6.07) is 27.4. The van der Waals surface area contributed by atoms with E-state index in [9.17, 15) is 9.18 Å². The molecule has 36 heavy (non-hydrogen) atoms. The number of nitrogens with one attached hydrogen (secondary N) is 1. The van der Waals surface area contributed by atoms with E-state index < -0.39 is 18.4 Å². The highest BCUT2D eigenvalue weighted by atomic mass is 19.1. The van der Waals surface area contributed by atoms with Crippen LogP contribution in [0.4, 0.5) is 4.39 Å². The first-order valence-corrected chi connectivity index (χ1v) is 12.1. The van der Waals surface area contributed by atoms with Gasteiger partial charge in [0.2, 0.25) is 0 Å². The zero-order chi connectivity index (χ0) is 25.1. The van der Waals surface area contributed by atoms with Crippen LogP contribution in [-0.2, 0) is 4.79 Å². The molecule has 1 unspecified atom stereocenters. The first kappa shape index (κ1) is 23.8. The van der Waals surface area contributed by atoms with Gasteiger partial charge >= 0.3 is 5.97 Å². The molecule has 0 aromatic heterocycles. The second kappa shape index (κ2) is 10.4. The number of fused-ring (bicyclic) bond motifs is 2. The van der Waals surface area contributed by atoms with Crippen molar-refractivity contribution >= 4 is 16.7 Å². The fourth-order valence-corrected chi connectivity index (χ4v) is 4.97. The van der Waals surface area contributed by atoms with Crippen LogP contribution in [0.5, 0.6) is 11.5 Å². The van der Waals surface area contributed by atoms with E-state index in [1.165, 1.54) is 28.5 Å². The molecular weight excluding hydrogens is 457 g/mol. The molecule has 0 bridgehead atoms. The van der Waals surface area contributed by atoms with Gasteiger partial charge in [-0.3, -0.25) is 0 Å². The summed E-state index contributed by atoms with van der Waals surface area (Å²) in [5.74, 6) is -1.05. The zero-order valence-electron chi connectivity index (χ0n) is 20.0. The Labute approximate surface area is 209 Å². The van der Waals surface area contributed by atoms with E-state index in [0.717, 1.165) is 16.9 Å². The summed E-state index contributed by atoms with van der Waals surface area (Å²) in [5.41, 5.74) is 3.05. The summed E-state index contributed by atoms with van der Waals surface area (Å²) in [6.07, 6.45) is 0.578. The third-order valence-corrected chi connectivity index (χ3v) is 6.74. The quantitative estimate of drug-likeness (QED) is 0.317. The molecule has 2 N–H and O–H groups in total. The normalized spacial score (nSPS) is 17.7. The van der Waals surface area contributed by atoms with E-state index in [1.54, 1.807) is 6.07 Å². The minimum absolute atomic E-state index is 0.0577. The minimum Gasteiger partial charge on any atom is -0.489 e. The first-order chi connectivity index (χ1) is 17.5. The number of carboxylic acids is 1. The highest BCUT2D eigenvalue weighted by molar-refractivity contribution is 5.86. The summed E-state index contributed by atoms with van der Waals surface area (Å²) >= 11 is 0. The number of ether oxygens (including phenoxy) is 2. The predicted octanol–water partition coefficient (Wildman–Crippen LogP) is 6.08. The third-order valence-electron chi connectivity index (χ3n) is 6.74. The van der Waals surface area contributed by atoms with Gasteiger partial charge in [-0.25, -0.2) is 9.18 Å². The number of hydrogen-bond acceptors (Lipinski definition) is 4. The van der Waals surface area contributed by atoms with Gasteiger partial charge in [0.05, 0.1) is 0 Å². The van der Waals surface area contributed by atoms with Gasteiger partial charge in [-0.2, -0.15) is 0 Å². The molecule has 6 heteroatoms. The van der Waals surface area contributed by atoms with E-state index in [1.807, 2.05) is 30.3 Å². The molecule has 0 amide bonds. The number of benzene rings is 4. The van der Waals surface area contributed by atoms with Crippen molar-refractivity contribution in [2.24, 2.45) is 0 Å². The highest BCUT2D eigenvalue weighted by Crippen LogP contribution is 2.41. The lowest BCUT2D eigenvalue weighted by molar-refractivity contribution is -0.139. The Balaban J connectivity index is 1.34. The van der Waals surface area contributed by atoms with Gasteiger partial charge in [0.25, 0.3) is 0 Å². The van der Waals surface area contributed by atoms with Crippen molar-refractivity contribution in [2.75, 3.05) is 13.2 Å². The van der Waals surface area contributed by atoms with Gasteiger partial charge in [-0.05, 0) is 53.4 Å². The van der Waals surface area contributed by atoms with Crippen molar-refractivity contribution in [2.45, 2.75) is 31.4 Å². The summed E-state index contributed by atoms with van der Waals surface area (Å²) in [5, 5.41) is 14.9. The number of rotatable bonds is 8. The maximum Gasteiger partial charge on any atom is 0.341 e. The third kappa shape index (κ3) is 5.04. The number of carboxylic acid groups (broad SMARTS) is 1. The van der Waals surface area contributed by atoms with Crippen LogP contribution in [0.15, 0.2) is 84.9 Å². The summed E-state index contributed by atoms with van der Waals surface area (Å²) in [6.45, 7) is 2.21. The van der Waals surface area contributed by atoms with Crippen LogP contribution in [0.25, 0.3) is 10.8 Å². The first-order valence-electron chi connectivity index (χ1n) is 12.1. The number of carbonyl (C=O) groups is 1. The molecular formula is C30H28FNO4. The lowest BCUT2D eigenvalue weighted by atomic mass is 9.84. The van der Waals surface area contributed by atoms with Crippen LogP contribution in [0.2, 0.25) is 0 Å². The van der Waals surface area contributed by atoms with Crippen molar-refractivity contribution in [1.82, 2.24) is 5.32 Å². The Kier molecular flexibility index (Phi) is 6.87. The van der Waals surface area contributed by atoms with E-state index >= 15 is 0 Å². The average Bonchev–Trinajstić information content (AvgIpc) is 2.90. The molecule has 5 nitrogen and oxygen atoms in total. The van der Waals surface area contributed by atoms with Gasteiger partial charge in [-0.1, -0.05) is 66.7 Å². The van der Waals surface area contributed by atoms with Gasteiger partial charge in [0, 0.05) is 24.1 Å². The monoisotopic (exact) mass is 485 g/mol. The minimum atomic E-state index is -1.15. The second-order valence-corrected chi connectivity index (χ2v) is 9.14. The Bertz CT molecular complexity index is 1380. The average molecular weight is 486 g/mol. The Morgan fingerprint density at radius 2 is 1.86 bits per heavy atom. The summed E-state index contributed by atoms with van der Waals surface area (Å²) in [4.78, 5) is 10.8. The lowest BCUT2D eigenvalue weighted by Crippen LogP contribution is -2.37. The van der Waals surface area contributed by atoms with Gasteiger partial charge < -0.3 is 19.9 Å². The standard InChI is InChI=1S/C30H28FNO4/c1-19(23-11-6-8-20-7-2-3-9-24(20)23)32-17-22-16-26(25-10-4-5-12-28(25)36-22)21-13-14-29(27(31)15-21)35-18-30(33)34/h2-15,19,22,26,32H,16-18H2,1H3,(H,33,34)/t19?,22-,26-/m1/s1. The van der Waals surface area contributed by atoms with Crippen molar-refractivity contribution in [3.05, 3.63) is 107 Å². The SMILES string of the molecule is CC(NC[C@H]1C[C@H](c2ccc(OCC(=O)O)c(F)c2)c2ccccc2O1)c1cccc2ccccc12.